The summed E-state index contributed by atoms with van der Waals surface area (Å²) in [6.45, 7) is 0. The van der Waals surface area contributed by atoms with E-state index < -0.39 is 43.2 Å². The van der Waals surface area contributed by atoms with Gasteiger partial charge >= 0.3 is 10.5 Å². The van der Waals surface area contributed by atoms with Gasteiger partial charge in [-0.3, -0.25) is 10.1 Å². The first-order valence-corrected chi connectivity index (χ1v) is 9.25. The lowest BCUT2D eigenvalue weighted by atomic mass is 10.1. The van der Waals surface area contributed by atoms with Crippen molar-refractivity contribution in [2.75, 3.05) is 0 Å². The first kappa shape index (κ1) is 19.6. The molecule has 0 heterocycles. The molecule has 3 rings (SSSR count). The van der Waals surface area contributed by atoms with Gasteiger partial charge in [0.25, 0.3) is 5.69 Å². The van der Waals surface area contributed by atoms with E-state index in [1.807, 2.05) is 0 Å². The van der Waals surface area contributed by atoms with Crippen LogP contribution >= 0.6 is 11.6 Å². The second-order valence-electron chi connectivity index (χ2n) is 5.51. The maximum atomic E-state index is 12.5. The highest BCUT2D eigenvalue weighted by atomic mass is 35.5. The van der Waals surface area contributed by atoms with Crippen LogP contribution in [0.1, 0.15) is 0 Å². The van der Waals surface area contributed by atoms with Crippen LogP contribution in [0.3, 0.4) is 0 Å². The van der Waals surface area contributed by atoms with E-state index in [2.05, 4.69) is 10.2 Å². The second kappa shape index (κ2) is 7.13. The molecule has 0 atom stereocenters. The molecule has 0 radical (unpaired) electrons. The maximum Gasteiger partial charge on any atom is 0.387 e. The monoisotopic (exact) mass is 423 g/mol. The smallest absolute Gasteiger partial charge is 0.387 e. The molecule has 28 heavy (non-hydrogen) atoms. The van der Waals surface area contributed by atoms with Crippen LogP contribution in [0.5, 0.6) is 11.5 Å². The van der Waals surface area contributed by atoms with Crippen molar-refractivity contribution in [3.63, 3.8) is 0 Å². The van der Waals surface area contributed by atoms with Crippen LogP contribution in [-0.2, 0) is 14.7 Å². The van der Waals surface area contributed by atoms with Gasteiger partial charge in [-0.15, -0.1) is 5.11 Å². The summed E-state index contributed by atoms with van der Waals surface area (Å²) in [7, 11) is -4.42. The van der Waals surface area contributed by atoms with E-state index >= 15 is 0 Å². The molecule has 3 aromatic carbocycles. The van der Waals surface area contributed by atoms with Gasteiger partial charge in [-0.05, 0) is 21.7 Å². The van der Waals surface area contributed by atoms with Crippen LogP contribution < -0.4 is 5.11 Å². The fraction of sp³-hybridized carbons (Fsp3) is 0. The number of nitrogens with zero attached hydrogens (tertiary/aromatic N) is 3. The fourth-order valence-corrected chi connectivity index (χ4v) is 3.42. The zero-order chi connectivity index (χ0) is 20.6. The highest BCUT2D eigenvalue weighted by Crippen LogP contribution is 2.41. The summed E-state index contributed by atoms with van der Waals surface area (Å²) in [4.78, 5) is 9.58. The molecule has 0 spiro atoms. The average molecular weight is 424 g/mol. The molecule has 0 bridgehead atoms. The zero-order valence-electron chi connectivity index (χ0n) is 13.6. The summed E-state index contributed by atoms with van der Waals surface area (Å²) in [5, 5.41) is 40.3. The predicted molar refractivity (Wildman–Crippen MR) is 98.9 cm³/mol. The Hall–Kier alpha value is -3.12. The summed E-state index contributed by atoms with van der Waals surface area (Å²) in [6.07, 6.45) is 0. The topological polar surface area (TPSA) is 169 Å². The lowest BCUT2D eigenvalue weighted by Gasteiger charge is -2.14. The van der Waals surface area contributed by atoms with E-state index in [4.69, 9.17) is 11.6 Å². The molecule has 3 N–H and O–H groups in total. The third-order valence-corrected chi connectivity index (χ3v) is 4.94. The molecule has 12 heteroatoms. The first-order valence-electron chi connectivity index (χ1n) is 7.40. The van der Waals surface area contributed by atoms with E-state index in [0.717, 1.165) is 18.2 Å². The third kappa shape index (κ3) is 3.64. The molecule has 0 saturated carbocycles. The molecule has 0 fully saturated rings. The average Bonchev–Trinajstić information content (AvgIpc) is 2.62. The molecule has 0 saturated heterocycles. The number of phenolic OH excluding ortho intramolecular Hbond substituents is 1. The Morgan fingerprint density at radius 2 is 1.64 bits per heavy atom. The summed E-state index contributed by atoms with van der Waals surface area (Å²) in [5.41, 5.74) is -1.20. The van der Waals surface area contributed by atoms with Crippen molar-refractivity contribution in [2.24, 2.45) is 10.2 Å². The van der Waals surface area contributed by atoms with Crippen molar-refractivity contribution in [1.29, 1.82) is 0 Å². The summed E-state index contributed by atoms with van der Waals surface area (Å²) in [5.74, 6) is -1.25. The van der Waals surface area contributed by atoms with Gasteiger partial charge in [-0.2, -0.15) is 14.2 Å². The number of nitro benzene ring substituents is 1. The molecule has 144 valence electrons. The SMILES string of the molecule is O=[N+]([O-])c1cc(O)c(N=Nc2cc([S+](=O)(O)O)c3ccccc3c2[O-])cc1Cl. The first-order chi connectivity index (χ1) is 13.1. The molecular weight excluding hydrogens is 414 g/mol. The fourth-order valence-electron chi connectivity index (χ4n) is 2.46. The van der Waals surface area contributed by atoms with E-state index in [1.165, 1.54) is 24.3 Å². The van der Waals surface area contributed by atoms with Gasteiger partial charge in [0.2, 0.25) is 4.90 Å². The molecule has 0 aromatic heterocycles. The number of rotatable bonds is 4. The number of aromatic hydroxyl groups is 1. The highest BCUT2D eigenvalue weighted by Gasteiger charge is 2.29. The Balaban J connectivity index is 2.15. The van der Waals surface area contributed by atoms with Gasteiger partial charge in [-0.1, -0.05) is 35.5 Å². The van der Waals surface area contributed by atoms with Crippen LogP contribution in [0.2, 0.25) is 5.02 Å². The van der Waals surface area contributed by atoms with Crippen LogP contribution in [0.15, 0.2) is 57.6 Å². The minimum absolute atomic E-state index is 0.0238. The zero-order valence-corrected chi connectivity index (χ0v) is 15.2. The van der Waals surface area contributed by atoms with E-state index in [0.29, 0.717) is 0 Å². The normalized spacial score (nSPS) is 12.0. The lowest BCUT2D eigenvalue weighted by Crippen LogP contribution is -2.08. The number of halogens is 1. The number of hydrogen-bond acceptors (Lipinski definition) is 7. The Morgan fingerprint density at radius 3 is 2.25 bits per heavy atom. The van der Waals surface area contributed by atoms with E-state index in [1.54, 1.807) is 0 Å². The largest absolute Gasteiger partial charge is 0.871 e. The van der Waals surface area contributed by atoms with Gasteiger partial charge in [0.05, 0.1) is 16.7 Å². The van der Waals surface area contributed by atoms with Crippen molar-refractivity contribution < 1.29 is 28.5 Å². The number of azo groups is 1. The molecule has 0 aliphatic carbocycles. The van der Waals surface area contributed by atoms with Gasteiger partial charge < -0.3 is 10.2 Å². The van der Waals surface area contributed by atoms with Crippen molar-refractivity contribution in [3.8, 4) is 11.5 Å². The van der Waals surface area contributed by atoms with Crippen LogP contribution in [0.4, 0.5) is 17.1 Å². The number of nitro groups is 1. The molecule has 0 aliphatic rings. The summed E-state index contributed by atoms with van der Waals surface area (Å²) in [6, 6.07) is 8.47. The highest BCUT2D eigenvalue weighted by molar-refractivity contribution is 7.92. The minimum Gasteiger partial charge on any atom is -0.871 e. The number of fused-ring (bicyclic) bond motifs is 1. The Kier molecular flexibility index (Phi) is 5.00. The molecule has 0 aliphatic heterocycles. The standard InChI is InChI=1S/C16H10ClN3O7S/c17-10-5-11(14(21)7-13(10)20(23)24)18-19-12-6-15(28(25,26)27)8-3-1-2-4-9(8)16(12)22/h1-7H,(H3-,18,19,21,22,25,26,27). The molecular formula is C16H10ClN3O7S. The van der Waals surface area contributed by atoms with Crippen molar-refractivity contribution >= 4 is 49.9 Å². The van der Waals surface area contributed by atoms with Gasteiger partial charge in [-0.25, -0.2) is 0 Å². The van der Waals surface area contributed by atoms with Crippen LogP contribution in [0, 0.1) is 10.1 Å². The van der Waals surface area contributed by atoms with Crippen molar-refractivity contribution in [1.82, 2.24) is 0 Å². The number of benzene rings is 3. The molecule has 0 unspecified atom stereocenters. The van der Waals surface area contributed by atoms with E-state index in [-0.39, 0.29) is 21.5 Å². The summed E-state index contributed by atoms with van der Waals surface area (Å²) >= 11 is 5.75. The molecule has 3 aromatic rings. The minimum atomic E-state index is -4.42. The lowest BCUT2D eigenvalue weighted by molar-refractivity contribution is -0.384. The summed E-state index contributed by atoms with van der Waals surface area (Å²) < 4.78 is 30.8. The van der Waals surface area contributed by atoms with E-state index in [9.17, 15) is 33.6 Å². The van der Waals surface area contributed by atoms with Crippen LogP contribution in [0.25, 0.3) is 10.8 Å². The third-order valence-electron chi connectivity index (χ3n) is 3.73. The Morgan fingerprint density at radius 1 is 1.04 bits per heavy atom. The van der Waals surface area contributed by atoms with Crippen LogP contribution in [-0.4, -0.2) is 19.1 Å². The Bertz CT molecular complexity index is 1190. The second-order valence-corrected chi connectivity index (χ2v) is 7.35. The number of phenols is 1. The van der Waals surface area contributed by atoms with Gasteiger partial charge in [0, 0.05) is 11.5 Å². The van der Waals surface area contributed by atoms with Gasteiger partial charge in [0.15, 0.2) is 0 Å². The van der Waals surface area contributed by atoms with Crippen molar-refractivity contribution in [2.45, 2.75) is 4.90 Å². The molecule has 0 amide bonds. The number of hydrogen-bond donors (Lipinski definition) is 3. The predicted octanol–water partition coefficient (Wildman–Crippen LogP) is 4.40. The molecule has 10 nitrogen and oxygen atoms in total. The van der Waals surface area contributed by atoms with Crippen molar-refractivity contribution in [3.05, 3.63) is 57.6 Å². The quantitative estimate of drug-likeness (QED) is 0.241. The maximum absolute atomic E-state index is 12.5. The Labute approximate surface area is 163 Å². The van der Waals surface area contributed by atoms with Gasteiger partial charge in [0.1, 0.15) is 16.5 Å².